The summed E-state index contributed by atoms with van der Waals surface area (Å²) in [5, 5.41) is 0. The number of hydrogen-bond acceptors (Lipinski definition) is 0. The third-order valence-electron chi connectivity index (χ3n) is 3.25. The Hall–Kier alpha value is -1.04. The van der Waals surface area contributed by atoms with Gasteiger partial charge in [-0.15, -0.1) is 0 Å². The standard InChI is InChI=1S/C16H22/c1-12(11-16(2,3)4)14-9-8-13-6-5-7-15(13)10-14/h8-10H,1,5-7,11H2,2-4H3. The number of allylic oxidation sites excluding steroid dienone is 1. The molecule has 0 atom stereocenters. The van der Waals surface area contributed by atoms with Crippen LogP contribution in [0.25, 0.3) is 5.57 Å². The number of rotatable bonds is 2. The van der Waals surface area contributed by atoms with E-state index in [1.807, 2.05) is 0 Å². The summed E-state index contributed by atoms with van der Waals surface area (Å²) in [6.07, 6.45) is 4.92. The highest BCUT2D eigenvalue weighted by Crippen LogP contribution is 2.31. The summed E-state index contributed by atoms with van der Waals surface area (Å²) in [5.41, 5.74) is 6.05. The van der Waals surface area contributed by atoms with Crippen LogP contribution in [0.5, 0.6) is 0 Å². The lowest BCUT2D eigenvalue weighted by molar-refractivity contribution is 0.427. The third kappa shape index (κ3) is 2.55. The van der Waals surface area contributed by atoms with Crippen molar-refractivity contribution in [2.24, 2.45) is 5.41 Å². The average Bonchev–Trinajstić information content (AvgIpc) is 2.61. The number of fused-ring (bicyclic) bond motifs is 1. The molecule has 1 aromatic carbocycles. The maximum Gasteiger partial charge on any atom is -0.0227 e. The Bertz CT molecular complexity index is 405. The Morgan fingerprint density at radius 3 is 2.56 bits per heavy atom. The van der Waals surface area contributed by atoms with Crippen molar-refractivity contribution in [3.63, 3.8) is 0 Å². The van der Waals surface area contributed by atoms with Gasteiger partial charge < -0.3 is 0 Å². The molecule has 0 fully saturated rings. The highest BCUT2D eigenvalue weighted by molar-refractivity contribution is 5.65. The van der Waals surface area contributed by atoms with E-state index >= 15 is 0 Å². The molecular formula is C16H22. The first-order valence-corrected chi connectivity index (χ1v) is 6.26. The van der Waals surface area contributed by atoms with E-state index in [0.29, 0.717) is 5.41 Å². The summed E-state index contributed by atoms with van der Waals surface area (Å²) in [6.45, 7) is 11.0. The predicted molar refractivity (Wildman–Crippen MR) is 71.6 cm³/mol. The van der Waals surface area contributed by atoms with E-state index in [1.165, 1.54) is 30.4 Å². The fourth-order valence-corrected chi connectivity index (χ4v) is 2.53. The fourth-order valence-electron chi connectivity index (χ4n) is 2.53. The lowest BCUT2D eigenvalue weighted by atomic mass is 9.85. The molecule has 0 saturated heterocycles. The summed E-state index contributed by atoms with van der Waals surface area (Å²) in [4.78, 5) is 0. The van der Waals surface area contributed by atoms with Gasteiger partial charge in [-0.2, -0.15) is 0 Å². The molecule has 1 aliphatic carbocycles. The maximum absolute atomic E-state index is 4.24. The largest absolute Gasteiger partial charge is 0.0952 e. The average molecular weight is 214 g/mol. The van der Waals surface area contributed by atoms with E-state index in [1.54, 1.807) is 11.1 Å². The lowest BCUT2D eigenvalue weighted by Gasteiger charge is -2.20. The van der Waals surface area contributed by atoms with Crippen LogP contribution in [0.3, 0.4) is 0 Å². The quantitative estimate of drug-likeness (QED) is 0.673. The van der Waals surface area contributed by atoms with E-state index in [9.17, 15) is 0 Å². The molecule has 0 bridgehead atoms. The number of benzene rings is 1. The van der Waals surface area contributed by atoms with Crippen LogP contribution < -0.4 is 0 Å². The molecular weight excluding hydrogens is 192 g/mol. The minimum atomic E-state index is 0.329. The van der Waals surface area contributed by atoms with Gasteiger partial charge in [-0.05, 0) is 53.4 Å². The molecule has 0 heteroatoms. The Balaban J connectivity index is 2.19. The van der Waals surface area contributed by atoms with Gasteiger partial charge in [0.05, 0.1) is 0 Å². The summed E-state index contributed by atoms with van der Waals surface area (Å²) in [5.74, 6) is 0. The van der Waals surface area contributed by atoms with E-state index in [0.717, 1.165) is 6.42 Å². The van der Waals surface area contributed by atoms with Gasteiger partial charge in [0.25, 0.3) is 0 Å². The van der Waals surface area contributed by atoms with E-state index < -0.39 is 0 Å². The minimum absolute atomic E-state index is 0.329. The molecule has 0 aliphatic heterocycles. The van der Waals surface area contributed by atoms with Gasteiger partial charge in [-0.3, -0.25) is 0 Å². The van der Waals surface area contributed by atoms with Crippen LogP contribution in [0.4, 0.5) is 0 Å². The molecule has 2 rings (SSSR count). The van der Waals surface area contributed by atoms with E-state index in [4.69, 9.17) is 0 Å². The van der Waals surface area contributed by atoms with Gasteiger partial charge in [0, 0.05) is 0 Å². The van der Waals surface area contributed by atoms with Crippen molar-refractivity contribution in [3.05, 3.63) is 41.5 Å². The van der Waals surface area contributed by atoms with Crippen molar-refractivity contribution in [1.82, 2.24) is 0 Å². The molecule has 0 amide bonds. The molecule has 0 heterocycles. The summed E-state index contributed by atoms with van der Waals surface area (Å²) >= 11 is 0. The Kier molecular flexibility index (Phi) is 2.92. The lowest BCUT2D eigenvalue weighted by Crippen LogP contribution is -2.05. The highest BCUT2D eigenvalue weighted by Gasteiger charge is 2.15. The van der Waals surface area contributed by atoms with Gasteiger partial charge in [0.2, 0.25) is 0 Å². The smallest absolute Gasteiger partial charge is 0.0227 e. The molecule has 0 N–H and O–H groups in total. The second kappa shape index (κ2) is 4.08. The monoisotopic (exact) mass is 214 g/mol. The van der Waals surface area contributed by atoms with Crippen LogP contribution in [0.15, 0.2) is 24.8 Å². The molecule has 0 saturated carbocycles. The van der Waals surface area contributed by atoms with Crippen molar-refractivity contribution in [2.45, 2.75) is 46.5 Å². The van der Waals surface area contributed by atoms with Crippen LogP contribution in [-0.2, 0) is 12.8 Å². The normalized spacial score (nSPS) is 14.9. The zero-order chi connectivity index (χ0) is 11.8. The summed E-state index contributed by atoms with van der Waals surface area (Å²) in [6, 6.07) is 6.90. The fraction of sp³-hybridized carbons (Fsp3) is 0.500. The third-order valence-corrected chi connectivity index (χ3v) is 3.25. The first kappa shape index (κ1) is 11.4. The topological polar surface area (TPSA) is 0 Å². The molecule has 0 spiro atoms. The van der Waals surface area contributed by atoms with Crippen molar-refractivity contribution in [1.29, 1.82) is 0 Å². The molecule has 1 aromatic rings. The Morgan fingerprint density at radius 2 is 1.88 bits per heavy atom. The second-order valence-corrected chi connectivity index (χ2v) is 6.18. The van der Waals surface area contributed by atoms with Gasteiger partial charge in [-0.1, -0.05) is 45.5 Å². The zero-order valence-corrected chi connectivity index (χ0v) is 10.8. The SMILES string of the molecule is C=C(CC(C)(C)C)c1ccc2c(c1)CCC2. The van der Waals surface area contributed by atoms with Crippen molar-refractivity contribution in [3.8, 4) is 0 Å². The van der Waals surface area contributed by atoms with Crippen LogP contribution in [0.2, 0.25) is 0 Å². The molecule has 86 valence electrons. The summed E-state index contributed by atoms with van der Waals surface area (Å²) in [7, 11) is 0. The van der Waals surface area contributed by atoms with Crippen molar-refractivity contribution in [2.75, 3.05) is 0 Å². The zero-order valence-electron chi connectivity index (χ0n) is 10.8. The molecule has 16 heavy (non-hydrogen) atoms. The van der Waals surface area contributed by atoms with Crippen molar-refractivity contribution >= 4 is 5.57 Å². The van der Waals surface area contributed by atoms with Gasteiger partial charge in [0.15, 0.2) is 0 Å². The minimum Gasteiger partial charge on any atom is -0.0952 e. The highest BCUT2D eigenvalue weighted by atomic mass is 14.2. The molecule has 0 aromatic heterocycles. The van der Waals surface area contributed by atoms with Crippen LogP contribution in [0, 0.1) is 5.41 Å². The maximum atomic E-state index is 4.24. The summed E-state index contributed by atoms with van der Waals surface area (Å²) < 4.78 is 0. The Morgan fingerprint density at radius 1 is 1.19 bits per heavy atom. The number of hydrogen-bond donors (Lipinski definition) is 0. The molecule has 0 radical (unpaired) electrons. The first-order chi connectivity index (χ1) is 7.46. The molecule has 0 unspecified atom stereocenters. The predicted octanol–water partition coefficient (Wildman–Crippen LogP) is 4.62. The molecule has 0 nitrogen and oxygen atoms in total. The van der Waals surface area contributed by atoms with Crippen LogP contribution in [0.1, 0.15) is 50.3 Å². The Labute approximate surface area is 99.4 Å². The first-order valence-electron chi connectivity index (χ1n) is 6.26. The molecule has 1 aliphatic rings. The van der Waals surface area contributed by atoms with Gasteiger partial charge in [-0.25, -0.2) is 0 Å². The van der Waals surface area contributed by atoms with Crippen LogP contribution >= 0.6 is 0 Å². The second-order valence-electron chi connectivity index (χ2n) is 6.18. The van der Waals surface area contributed by atoms with E-state index in [-0.39, 0.29) is 0 Å². The van der Waals surface area contributed by atoms with Crippen LogP contribution in [-0.4, -0.2) is 0 Å². The van der Waals surface area contributed by atoms with Gasteiger partial charge >= 0.3 is 0 Å². The van der Waals surface area contributed by atoms with E-state index in [2.05, 4.69) is 45.5 Å². The van der Waals surface area contributed by atoms with Gasteiger partial charge in [0.1, 0.15) is 0 Å². The van der Waals surface area contributed by atoms with Crippen molar-refractivity contribution < 1.29 is 0 Å². The number of aryl methyl sites for hydroxylation is 2.